The predicted molar refractivity (Wildman–Crippen MR) is 54.7 cm³/mol. The second kappa shape index (κ2) is 4.37. The second-order valence-corrected chi connectivity index (χ2v) is 3.50. The number of aryl methyl sites for hydroxylation is 1. The summed E-state index contributed by atoms with van der Waals surface area (Å²) in [5, 5.41) is 2.58. The molecule has 13 heavy (non-hydrogen) atoms. The van der Waals surface area contributed by atoms with Crippen molar-refractivity contribution in [1.29, 1.82) is 0 Å². The lowest BCUT2D eigenvalue weighted by Crippen LogP contribution is -2.20. The Morgan fingerprint density at radius 2 is 2.38 bits per heavy atom. The lowest BCUT2D eigenvalue weighted by molar-refractivity contribution is 0.0961. The van der Waals surface area contributed by atoms with Crippen LogP contribution >= 0.6 is 15.9 Å². The summed E-state index contributed by atoms with van der Waals surface area (Å²) >= 11 is 3.28. The van der Waals surface area contributed by atoms with Crippen LogP contribution in [-0.2, 0) is 6.42 Å². The van der Waals surface area contributed by atoms with E-state index in [1.54, 1.807) is 19.3 Å². The molecule has 0 aliphatic carbocycles. The van der Waals surface area contributed by atoms with Gasteiger partial charge in [-0.15, -0.1) is 0 Å². The average molecular weight is 243 g/mol. The maximum absolute atomic E-state index is 11.4. The van der Waals surface area contributed by atoms with E-state index in [1.165, 1.54) is 0 Å². The smallest absolute Gasteiger partial charge is 0.252 e. The molecule has 0 aliphatic heterocycles. The Morgan fingerprint density at radius 3 is 2.92 bits per heavy atom. The van der Waals surface area contributed by atoms with E-state index in [0.717, 1.165) is 16.6 Å². The van der Waals surface area contributed by atoms with Crippen molar-refractivity contribution < 1.29 is 4.79 Å². The number of rotatable bonds is 2. The van der Waals surface area contributed by atoms with Gasteiger partial charge in [-0.25, -0.2) is 0 Å². The fourth-order valence-corrected chi connectivity index (χ4v) is 1.41. The first kappa shape index (κ1) is 10.2. The van der Waals surface area contributed by atoms with Crippen LogP contribution in [-0.4, -0.2) is 17.9 Å². The second-order valence-electron chi connectivity index (χ2n) is 2.58. The summed E-state index contributed by atoms with van der Waals surface area (Å²) in [6, 6.07) is 1.78. The van der Waals surface area contributed by atoms with Crippen molar-refractivity contribution in [2.24, 2.45) is 0 Å². The van der Waals surface area contributed by atoms with Crippen LogP contribution in [0.15, 0.2) is 16.7 Å². The molecule has 0 aliphatic rings. The minimum atomic E-state index is -0.0920. The van der Waals surface area contributed by atoms with E-state index in [9.17, 15) is 4.79 Å². The molecule has 0 bridgehead atoms. The van der Waals surface area contributed by atoms with Gasteiger partial charge in [0.05, 0.1) is 11.3 Å². The molecule has 0 saturated heterocycles. The zero-order chi connectivity index (χ0) is 9.84. The van der Waals surface area contributed by atoms with Gasteiger partial charge in [0, 0.05) is 17.7 Å². The predicted octanol–water partition coefficient (Wildman–Crippen LogP) is 1.77. The van der Waals surface area contributed by atoms with Crippen molar-refractivity contribution in [3.63, 3.8) is 0 Å². The van der Waals surface area contributed by atoms with Gasteiger partial charge in [-0.05, 0) is 28.4 Å². The van der Waals surface area contributed by atoms with Crippen molar-refractivity contribution >= 4 is 21.8 Å². The van der Waals surface area contributed by atoms with Gasteiger partial charge in [-0.3, -0.25) is 9.78 Å². The number of nitrogens with zero attached hydrogens (tertiary/aromatic N) is 1. The first-order valence-electron chi connectivity index (χ1n) is 4.05. The van der Waals surface area contributed by atoms with E-state index in [4.69, 9.17) is 0 Å². The highest BCUT2D eigenvalue weighted by molar-refractivity contribution is 9.10. The molecule has 0 aromatic carbocycles. The number of aromatic nitrogens is 1. The Labute approximate surface area is 85.7 Å². The van der Waals surface area contributed by atoms with E-state index < -0.39 is 0 Å². The maximum atomic E-state index is 11.4. The monoisotopic (exact) mass is 242 g/mol. The SMILES string of the molecule is CCc1ncc(Br)cc1C(=O)NC. The number of carbonyl (C=O) groups is 1. The summed E-state index contributed by atoms with van der Waals surface area (Å²) in [6.07, 6.45) is 2.46. The molecule has 0 unspecified atom stereocenters. The molecule has 0 atom stereocenters. The standard InChI is InChI=1S/C9H11BrN2O/c1-3-8-7(9(13)11-2)4-6(10)5-12-8/h4-5H,3H2,1-2H3,(H,11,13). The van der Waals surface area contributed by atoms with E-state index in [0.29, 0.717) is 5.56 Å². The van der Waals surface area contributed by atoms with E-state index >= 15 is 0 Å². The quantitative estimate of drug-likeness (QED) is 0.859. The Morgan fingerprint density at radius 1 is 1.69 bits per heavy atom. The van der Waals surface area contributed by atoms with Crippen LogP contribution in [0.4, 0.5) is 0 Å². The van der Waals surface area contributed by atoms with Crippen LogP contribution in [0.5, 0.6) is 0 Å². The molecule has 4 heteroatoms. The zero-order valence-corrected chi connectivity index (χ0v) is 9.18. The third kappa shape index (κ3) is 2.28. The number of halogens is 1. The minimum absolute atomic E-state index is 0.0920. The van der Waals surface area contributed by atoms with Crippen molar-refractivity contribution in [3.05, 3.63) is 28.0 Å². The fraction of sp³-hybridized carbons (Fsp3) is 0.333. The van der Waals surface area contributed by atoms with Crippen LogP contribution in [0, 0.1) is 0 Å². The fourth-order valence-electron chi connectivity index (χ4n) is 1.08. The summed E-state index contributed by atoms with van der Waals surface area (Å²) in [5.41, 5.74) is 1.46. The summed E-state index contributed by atoms with van der Waals surface area (Å²) in [4.78, 5) is 15.5. The van der Waals surface area contributed by atoms with Gasteiger partial charge in [-0.1, -0.05) is 6.92 Å². The van der Waals surface area contributed by atoms with Gasteiger partial charge in [0.25, 0.3) is 5.91 Å². The molecule has 3 nitrogen and oxygen atoms in total. The van der Waals surface area contributed by atoms with Gasteiger partial charge >= 0.3 is 0 Å². The maximum Gasteiger partial charge on any atom is 0.252 e. The Bertz CT molecular complexity index is 325. The van der Waals surface area contributed by atoms with Crippen molar-refractivity contribution in [2.75, 3.05) is 7.05 Å². The lowest BCUT2D eigenvalue weighted by Gasteiger charge is -2.05. The van der Waals surface area contributed by atoms with Crippen molar-refractivity contribution in [3.8, 4) is 0 Å². The third-order valence-electron chi connectivity index (χ3n) is 1.74. The number of carbonyl (C=O) groups excluding carboxylic acids is 1. The van der Waals surface area contributed by atoms with Crippen LogP contribution in [0.2, 0.25) is 0 Å². The highest BCUT2D eigenvalue weighted by Gasteiger charge is 2.09. The molecule has 1 heterocycles. The summed E-state index contributed by atoms with van der Waals surface area (Å²) in [5.74, 6) is -0.0920. The normalized spacial score (nSPS) is 9.77. The highest BCUT2D eigenvalue weighted by Crippen LogP contribution is 2.14. The molecule has 1 amide bonds. The van der Waals surface area contributed by atoms with E-state index in [-0.39, 0.29) is 5.91 Å². The third-order valence-corrected chi connectivity index (χ3v) is 2.18. The molecule has 1 aromatic heterocycles. The molecule has 1 rings (SSSR count). The van der Waals surface area contributed by atoms with Gasteiger partial charge < -0.3 is 5.32 Å². The molecule has 0 fully saturated rings. The Kier molecular flexibility index (Phi) is 3.42. The number of nitrogens with one attached hydrogen (secondary N) is 1. The van der Waals surface area contributed by atoms with Gasteiger partial charge in [0.15, 0.2) is 0 Å². The largest absolute Gasteiger partial charge is 0.355 e. The first-order valence-corrected chi connectivity index (χ1v) is 4.84. The number of hydrogen-bond donors (Lipinski definition) is 1. The van der Waals surface area contributed by atoms with Gasteiger partial charge in [0.1, 0.15) is 0 Å². The van der Waals surface area contributed by atoms with Crippen molar-refractivity contribution in [1.82, 2.24) is 10.3 Å². The first-order chi connectivity index (χ1) is 6.19. The highest BCUT2D eigenvalue weighted by atomic mass is 79.9. The summed E-state index contributed by atoms with van der Waals surface area (Å²) in [6.45, 7) is 1.97. The molecule has 0 spiro atoms. The topological polar surface area (TPSA) is 42.0 Å². The number of hydrogen-bond acceptors (Lipinski definition) is 2. The summed E-state index contributed by atoms with van der Waals surface area (Å²) in [7, 11) is 1.61. The summed E-state index contributed by atoms with van der Waals surface area (Å²) < 4.78 is 0.823. The molecule has 1 N–H and O–H groups in total. The minimum Gasteiger partial charge on any atom is -0.355 e. The van der Waals surface area contributed by atoms with Crippen LogP contribution in [0.1, 0.15) is 23.0 Å². The van der Waals surface area contributed by atoms with Crippen LogP contribution < -0.4 is 5.32 Å². The average Bonchev–Trinajstić information content (AvgIpc) is 2.16. The molecular formula is C9H11BrN2O. The Balaban J connectivity index is 3.15. The van der Waals surface area contributed by atoms with E-state index in [1.807, 2.05) is 6.92 Å². The van der Waals surface area contributed by atoms with Crippen LogP contribution in [0.25, 0.3) is 0 Å². The number of amides is 1. The molecule has 0 radical (unpaired) electrons. The van der Waals surface area contributed by atoms with E-state index in [2.05, 4.69) is 26.2 Å². The zero-order valence-electron chi connectivity index (χ0n) is 7.60. The van der Waals surface area contributed by atoms with Crippen LogP contribution in [0.3, 0.4) is 0 Å². The molecule has 1 aromatic rings. The molecule has 0 saturated carbocycles. The molecule has 70 valence electrons. The number of pyridine rings is 1. The molecular weight excluding hydrogens is 232 g/mol. The van der Waals surface area contributed by atoms with Crippen molar-refractivity contribution in [2.45, 2.75) is 13.3 Å². The Hall–Kier alpha value is -0.900. The van der Waals surface area contributed by atoms with Gasteiger partial charge in [0.2, 0.25) is 0 Å². The lowest BCUT2D eigenvalue weighted by atomic mass is 10.1. The van der Waals surface area contributed by atoms with Gasteiger partial charge in [-0.2, -0.15) is 0 Å².